The van der Waals surface area contributed by atoms with Crippen LogP contribution in [-0.2, 0) is 13.2 Å². The maximum atomic E-state index is 8.93. The molecule has 0 radical (unpaired) electrons. The molecule has 0 aromatic carbocycles. The number of aliphatic hydroxyl groups is 1. The second kappa shape index (κ2) is 3.60. The summed E-state index contributed by atoms with van der Waals surface area (Å²) in [5.41, 5.74) is 0.568. The fourth-order valence-corrected chi connectivity index (χ4v) is 2.24. The molecule has 0 bridgehead atoms. The molecule has 3 nitrogen and oxygen atoms in total. The highest BCUT2D eigenvalue weighted by Gasteiger charge is 2.52. The lowest BCUT2D eigenvalue weighted by Crippen LogP contribution is -2.68. The summed E-state index contributed by atoms with van der Waals surface area (Å²) in [5.74, 6) is 1.58. The molecule has 1 aromatic rings. The number of furan rings is 1. The highest BCUT2D eigenvalue weighted by molar-refractivity contribution is 5.11. The van der Waals surface area contributed by atoms with Crippen LogP contribution in [0, 0.1) is 5.41 Å². The van der Waals surface area contributed by atoms with E-state index in [-0.39, 0.29) is 12.1 Å². The van der Waals surface area contributed by atoms with Crippen LogP contribution in [0.4, 0.5) is 0 Å². The third-order valence-electron chi connectivity index (χ3n) is 4.25. The van der Waals surface area contributed by atoms with Gasteiger partial charge >= 0.3 is 0 Å². The molecule has 2 rings (SSSR count). The van der Waals surface area contributed by atoms with Crippen LogP contribution in [0.2, 0.25) is 0 Å². The van der Waals surface area contributed by atoms with Gasteiger partial charge in [0.25, 0.3) is 0 Å². The number of hydrogen-bond donors (Lipinski definition) is 1. The van der Waals surface area contributed by atoms with Crippen molar-refractivity contribution >= 4 is 0 Å². The summed E-state index contributed by atoms with van der Waals surface area (Å²) < 4.78 is 5.51. The average Bonchev–Trinajstić information content (AvgIpc) is 2.64. The summed E-state index contributed by atoms with van der Waals surface area (Å²) >= 11 is 0. The molecule has 3 heteroatoms. The third kappa shape index (κ3) is 1.68. The van der Waals surface area contributed by atoms with Gasteiger partial charge in [-0.1, -0.05) is 13.8 Å². The number of likely N-dealkylation sites (tertiary alicyclic amines) is 1. The predicted octanol–water partition coefficient (Wildman–Crippen LogP) is 2.39. The van der Waals surface area contributed by atoms with Crippen LogP contribution >= 0.6 is 0 Å². The fraction of sp³-hybridized carbons (Fsp3) is 0.692. The van der Waals surface area contributed by atoms with Gasteiger partial charge in [0.15, 0.2) is 0 Å². The molecule has 1 N–H and O–H groups in total. The third-order valence-corrected chi connectivity index (χ3v) is 4.25. The van der Waals surface area contributed by atoms with Gasteiger partial charge in [-0.15, -0.1) is 0 Å². The predicted molar refractivity (Wildman–Crippen MR) is 62.9 cm³/mol. The van der Waals surface area contributed by atoms with Crippen molar-refractivity contribution in [3.05, 3.63) is 23.7 Å². The summed E-state index contributed by atoms with van der Waals surface area (Å²) in [6, 6.07) is 3.79. The topological polar surface area (TPSA) is 36.6 Å². The number of nitrogens with zero attached hydrogens (tertiary/aromatic N) is 1. The Hall–Kier alpha value is -0.800. The van der Waals surface area contributed by atoms with Crippen molar-refractivity contribution in [2.75, 3.05) is 6.54 Å². The van der Waals surface area contributed by atoms with Gasteiger partial charge in [-0.05, 0) is 31.4 Å². The summed E-state index contributed by atoms with van der Waals surface area (Å²) in [4.78, 5) is 2.41. The largest absolute Gasteiger partial charge is 0.462 e. The minimum atomic E-state index is -0.0190. The Morgan fingerprint density at radius 3 is 2.31 bits per heavy atom. The number of hydrogen-bond acceptors (Lipinski definition) is 3. The lowest BCUT2D eigenvalue weighted by Gasteiger charge is -2.61. The molecule has 0 saturated carbocycles. The van der Waals surface area contributed by atoms with E-state index in [1.807, 2.05) is 12.1 Å². The zero-order valence-corrected chi connectivity index (χ0v) is 10.6. The second-order valence-electron chi connectivity index (χ2n) is 5.83. The van der Waals surface area contributed by atoms with Crippen LogP contribution in [0.1, 0.15) is 39.2 Å². The Bertz CT molecular complexity index is 379. The molecule has 2 heterocycles. The molecule has 0 spiro atoms. The number of aliphatic hydroxyl groups excluding tert-OH is 1. The van der Waals surface area contributed by atoms with Crippen molar-refractivity contribution in [3.8, 4) is 0 Å². The summed E-state index contributed by atoms with van der Waals surface area (Å²) in [6.07, 6.45) is 0. The van der Waals surface area contributed by atoms with Gasteiger partial charge < -0.3 is 9.52 Å². The molecule has 16 heavy (non-hydrogen) atoms. The van der Waals surface area contributed by atoms with E-state index in [9.17, 15) is 0 Å². The van der Waals surface area contributed by atoms with Crippen molar-refractivity contribution in [2.45, 2.75) is 46.4 Å². The highest BCUT2D eigenvalue weighted by Crippen LogP contribution is 2.46. The van der Waals surface area contributed by atoms with Crippen LogP contribution in [0.15, 0.2) is 16.5 Å². The van der Waals surface area contributed by atoms with Gasteiger partial charge in [-0.3, -0.25) is 4.90 Å². The maximum Gasteiger partial charge on any atom is 0.129 e. The van der Waals surface area contributed by atoms with Gasteiger partial charge in [0.05, 0.1) is 6.54 Å². The Balaban J connectivity index is 2.02. The molecule has 90 valence electrons. The lowest BCUT2D eigenvalue weighted by atomic mass is 9.65. The van der Waals surface area contributed by atoms with E-state index in [1.165, 1.54) is 0 Å². The monoisotopic (exact) mass is 223 g/mol. The van der Waals surface area contributed by atoms with E-state index in [2.05, 4.69) is 32.6 Å². The van der Waals surface area contributed by atoms with Gasteiger partial charge in [0.2, 0.25) is 0 Å². The van der Waals surface area contributed by atoms with E-state index in [0.29, 0.717) is 11.2 Å². The first kappa shape index (κ1) is 11.7. The molecular formula is C13H21NO2. The fourth-order valence-electron chi connectivity index (χ4n) is 2.24. The quantitative estimate of drug-likeness (QED) is 0.854. The van der Waals surface area contributed by atoms with E-state index in [0.717, 1.165) is 18.8 Å². The maximum absolute atomic E-state index is 8.93. The van der Waals surface area contributed by atoms with E-state index in [1.54, 1.807) is 0 Å². The first-order chi connectivity index (χ1) is 7.37. The van der Waals surface area contributed by atoms with Crippen molar-refractivity contribution in [3.63, 3.8) is 0 Å². The minimum Gasteiger partial charge on any atom is -0.462 e. The molecule has 1 saturated heterocycles. The SMILES string of the molecule is CC1(C)CN(Cc2ccc(CO)o2)C1(C)C. The molecule has 0 atom stereocenters. The van der Waals surface area contributed by atoms with E-state index in [4.69, 9.17) is 9.52 Å². The van der Waals surface area contributed by atoms with E-state index >= 15 is 0 Å². The first-order valence-corrected chi connectivity index (χ1v) is 5.80. The second-order valence-corrected chi connectivity index (χ2v) is 5.83. The normalized spacial score (nSPS) is 23.1. The molecule has 0 amide bonds. The van der Waals surface area contributed by atoms with Crippen molar-refractivity contribution in [1.82, 2.24) is 4.90 Å². The van der Waals surface area contributed by atoms with Crippen molar-refractivity contribution < 1.29 is 9.52 Å². The molecule has 1 fully saturated rings. The van der Waals surface area contributed by atoms with Crippen molar-refractivity contribution in [2.24, 2.45) is 5.41 Å². The Labute approximate surface area is 97.1 Å². The summed E-state index contributed by atoms with van der Waals surface area (Å²) in [6.45, 7) is 11.0. The summed E-state index contributed by atoms with van der Waals surface area (Å²) in [7, 11) is 0. The Morgan fingerprint density at radius 2 is 1.88 bits per heavy atom. The zero-order valence-electron chi connectivity index (χ0n) is 10.6. The van der Waals surface area contributed by atoms with Gasteiger partial charge in [-0.2, -0.15) is 0 Å². The smallest absolute Gasteiger partial charge is 0.129 e. The molecule has 0 unspecified atom stereocenters. The zero-order chi connectivity index (χ0) is 12.0. The van der Waals surface area contributed by atoms with Gasteiger partial charge in [0.1, 0.15) is 18.1 Å². The Morgan fingerprint density at radius 1 is 1.25 bits per heavy atom. The number of rotatable bonds is 3. The molecule has 1 aliphatic rings. The Kier molecular flexibility index (Phi) is 2.63. The van der Waals surface area contributed by atoms with Crippen LogP contribution in [-0.4, -0.2) is 22.1 Å². The molecule has 0 aliphatic carbocycles. The standard InChI is InChI=1S/C13H21NO2/c1-12(2)9-14(13(12,3)4)7-10-5-6-11(8-15)16-10/h5-6,15H,7-9H2,1-4H3. The van der Waals surface area contributed by atoms with Crippen LogP contribution in [0.25, 0.3) is 0 Å². The van der Waals surface area contributed by atoms with Crippen LogP contribution in [0.5, 0.6) is 0 Å². The molecular weight excluding hydrogens is 202 g/mol. The minimum absolute atomic E-state index is 0.0190. The molecule has 1 aliphatic heterocycles. The molecule has 1 aromatic heterocycles. The van der Waals surface area contributed by atoms with Crippen LogP contribution in [0.3, 0.4) is 0 Å². The summed E-state index contributed by atoms with van der Waals surface area (Å²) in [5, 5.41) is 8.93. The lowest BCUT2D eigenvalue weighted by molar-refractivity contribution is -0.125. The highest BCUT2D eigenvalue weighted by atomic mass is 16.4. The van der Waals surface area contributed by atoms with Crippen molar-refractivity contribution in [1.29, 1.82) is 0 Å². The average molecular weight is 223 g/mol. The first-order valence-electron chi connectivity index (χ1n) is 5.80. The van der Waals surface area contributed by atoms with Crippen LogP contribution < -0.4 is 0 Å². The van der Waals surface area contributed by atoms with Gasteiger partial charge in [-0.25, -0.2) is 0 Å². The van der Waals surface area contributed by atoms with Gasteiger partial charge in [0, 0.05) is 12.1 Å². The van der Waals surface area contributed by atoms with E-state index < -0.39 is 0 Å².